The first-order chi connectivity index (χ1) is 7.81. The van der Waals surface area contributed by atoms with Crippen molar-refractivity contribution in [1.29, 1.82) is 0 Å². The molecule has 2 unspecified atom stereocenters. The largest absolute Gasteiger partial charge is 0.330 e. The van der Waals surface area contributed by atoms with E-state index >= 15 is 0 Å². The molecule has 0 aliphatic heterocycles. The molecule has 2 atom stereocenters. The van der Waals surface area contributed by atoms with Gasteiger partial charge in [0.2, 0.25) is 5.92 Å². The van der Waals surface area contributed by atoms with E-state index in [2.05, 4.69) is 19.9 Å². The Morgan fingerprint density at radius 3 is 2.41 bits per heavy atom. The Bertz CT molecular complexity index is 376. The predicted octanol–water partition coefficient (Wildman–Crippen LogP) is 3.35. The molecule has 4 aliphatic rings. The summed E-state index contributed by atoms with van der Waals surface area (Å²) in [5.74, 6) is -1.22. The highest BCUT2D eigenvalue weighted by atomic mass is 19.3. The van der Waals surface area contributed by atoms with Crippen molar-refractivity contribution in [3.8, 4) is 0 Å². The van der Waals surface area contributed by atoms with Gasteiger partial charge in [-0.05, 0) is 30.1 Å². The molecule has 4 aliphatic carbocycles. The molecule has 0 heterocycles. The van der Waals surface area contributed by atoms with Gasteiger partial charge in [-0.1, -0.05) is 25.5 Å². The van der Waals surface area contributed by atoms with Crippen LogP contribution in [0.25, 0.3) is 0 Å². The van der Waals surface area contributed by atoms with Gasteiger partial charge in [-0.15, -0.1) is 0 Å². The van der Waals surface area contributed by atoms with Crippen molar-refractivity contribution < 1.29 is 8.78 Å². The topological polar surface area (TPSA) is 26.0 Å². The van der Waals surface area contributed by atoms with Crippen LogP contribution in [0.1, 0.15) is 39.5 Å². The second-order valence-corrected chi connectivity index (χ2v) is 6.90. The lowest BCUT2D eigenvalue weighted by Gasteiger charge is -2.62. The number of rotatable bonds is 2. The first-order valence-corrected chi connectivity index (χ1v) is 6.59. The maximum absolute atomic E-state index is 13.2. The molecular formula is C14H21F2N. The van der Waals surface area contributed by atoms with Crippen molar-refractivity contribution >= 4 is 0 Å². The van der Waals surface area contributed by atoms with Crippen molar-refractivity contribution in [2.24, 2.45) is 28.4 Å². The minimum atomic E-state index is -2.48. The third-order valence-corrected chi connectivity index (χ3v) is 5.67. The minimum Gasteiger partial charge on any atom is -0.330 e. The molecule has 2 bridgehead atoms. The molecule has 4 rings (SSSR count). The van der Waals surface area contributed by atoms with Gasteiger partial charge < -0.3 is 5.73 Å². The third kappa shape index (κ3) is 1.38. The molecule has 2 saturated carbocycles. The van der Waals surface area contributed by atoms with Gasteiger partial charge in [-0.25, -0.2) is 8.78 Å². The monoisotopic (exact) mass is 241 g/mol. The highest BCUT2D eigenvalue weighted by Gasteiger charge is 2.63. The summed E-state index contributed by atoms with van der Waals surface area (Å²) in [5, 5.41) is 0. The zero-order valence-corrected chi connectivity index (χ0v) is 10.6. The maximum atomic E-state index is 13.2. The zero-order chi connectivity index (χ0) is 12.5. The van der Waals surface area contributed by atoms with Crippen LogP contribution in [0.3, 0.4) is 0 Å². The molecule has 0 spiro atoms. The minimum absolute atomic E-state index is 0.0282. The van der Waals surface area contributed by atoms with Gasteiger partial charge >= 0.3 is 0 Å². The summed E-state index contributed by atoms with van der Waals surface area (Å²) < 4.78 is 26.4. The normalized spacial score (nSPS) is 39.9. The molecule has 0 saturated heterocycles. The number of hydrogen-bond acceptors (Lipinski definition) is 1. The van der Waals surface area contributed by atoms with Crippen LogP contribution >= 0.6 is 0 Å². The van der Waals surface area contributed by atoms with Crippen LogP contribution in [0.2, 0.25) is 0 Å². The van der Waals surface area contributed by atoms with Gasteiger partial charge in [0, 0.05) is 24.8 Å². The molecule has 0 amide bonds. The fourth-order valence-corrected chi connectivity index (χ4v) is 4.35. The molecule has 0 aromatic rings. The second-order valence-electron chi connectivity index (χ2n) is 6.90. The Hall–Kier alpha value is -0.440. The van der Waals surface area contributed by atoms with Gasteiger partial charge in [0.1, 0.15) is 0 Å². The van der Waals surface area contributed by atoms with E-state index in [1.807, 2.05) is 0 Å². The highest BCUT2D eigenvalue weighted by molar-refractivity contribution is 5.33. The van der Waals surface area contributed by atoms with E-state index in [1.165, 1.54) is 12.0 Å². The predicted molar refractivity (Wildman–Crippen MR) is 63.7 cm³/mol. The molecule has 3 heteroatoms. The molecular weight excluding hydrogens is 220 g/mol. The van der Waals surface area contributed by atoms with Gasteiger partial charge in [0.25, 0.3) is 0 Å². The zero-order valence-electron chi connectivity index (χ0n) is 10.6. The molecule has 1 nitrogen and oxygen atoms in total. The average molecular weight is 241 g/mol. The Morgan fingerprint density at radius 1 is 1.35 bits per heavy atom. The van der Waals surface area contributed by atoms with E-state index in [0.717, 1.165) is 12.3 Å². The van der Waals surface area contributed by atoms with Gasteiger partial charge in [0.15, 0.2) is 0 Å². The van der Waals surface area contributed by atoms with E-state index < -0.39 is 5.92 Å². The average Bonchev–Trinajstić information content (AvgIpc) is 2.25. The van der Waals surface area contributed by atoms with E-state index in [4.69, 9.17) is 5.73 Å². The maximum Gasteiger partial charge on any atom is 0.249 e. The lowest BCUT2D eigenvalue weighted by molar-refractivity contribution is -0.155. The van der Waals surface area contributed by atoms with E-state index in [9.17, 15) is 8.78 Å². The Kier molecular flexibility index (Phi) is 2.13. The highest BCUT2D eigenvalue weighted by Crippen LogP contribution is 2.67. The van der Waals surface area contributed by atoms with Crippen LogP contribution in [0.5, 0.6) is 0 Å². The fraction of sp³-hybridized carbons (Fsp3) is 0.857. The standard InChI is InChI=1S/C14H21F2N/c1-12(2)9-3-4-10(11(12)5-9)13(8-17)6-14(15,16)7-13/h4,9,11H,3,5-8,17H2,1-2H3. The van der Waals surface area contributed by atoms with E-state index in [0.29, 0.717) is 17.9 Å². The fourth-order valence-electron chi connectivity index (χ4n) is 4.35. The molecule has 17 heavy (non-hydrogen) atoms. The first kappa shape index (κ1) is 11.6. The lowest BCUT2D eigenvalue weighted by atomic mass is 9.43. The summed E-state index contributed by atoms with van der Waals surface area (Å²) >= 11 is 0. The smallest absolute Gasteiger partial charge is 0.249 e. The molecule has 2 N–H and O–H groups in total. The summed E-state index contributed by atoms with van der Waals surface area (Å²) in [4.78, 5) is 0. The van der Waals surface area contributed by atoms with Crippen molar-refractivity contribution in [1.82, 2.24) is 0 Å². The summed E-state index contributed by atoms with van der Waals surface area (Å²) in [6, 6.07) is 0. The summed E-state index contributed by atoms with van der Waals surface area (Å²) in [6.07, 6.45) is 4.42. The number of fused-ring (bicyclic) bond motifs is 1. The Labute approximate surface area is 101 Å². The molecule has 0 aromatic heterocycles. The van der Waals surface area contributed by atoms with Crippen LogP contribution < -0.4 is 5.73 Å². The van der Waals surface area contributed by atoms with Gasteiger partial charge in [-0.3, -0.25) is 0 Å². The molecule has 0 radical (unpaired) electrons. The summed E-state index contributed by atoms with van der Waals surface area (Å²) in [5.41, 5.74) is 7.00. The number of halogens is 2. The van der Waals surface area contributed by atoms with Crippen molar-refractivity contribution in [2.75, 3.05) is 6.54 Å². The molecule has 0 aromatic carbocycles. The van der Waals surface area contributed by atoms with Crippen LogP contribution in [0, 0.1) is 22.7 Å². The SMILES string of the molecule is CC1(C)C2CC=C(C3(CN)CC(F)(F)C3)C1C2. The van der Waals surface area contributed by atoms with Gasteiger partial charge in [-0.2, -0.15) is 0 Å². The van der Waals surface area contributed by atoms with Gasteiger partial charge in [0.05, 0.1) is 0 Å². The summed E-state index contributed by atoms with van der Waals surface area (Å²) in [7, 11) is 0. The Morgan fingerprint density at radius 2 is 2.00 bits per heavy atom. The third-order valence-electron chi connectivity index (χ3n) is 5.67. The number of alkyl halides is 2. The van der Waals surface area contributed by atoms with E-state index in [-0.39, 0.29) is 18.3 Å². The number of hydrogen-bond donors (Lipinski definition) is 1. The number of allylic oxidation sites excluding steroid dienone is 1. The second kappa shape index (κ2) is 3.11. The van der Waals surface area contributed by atoms with E-state index in [1.54, 1.807) is 0 Å². The molecule has 2 fully saturated rings. The van der Waals surface area contributed by atoms with Crippen molar-refractivity contribution in [3.63, 3.8) is 0 Å². The quantitative estimate of drug-likeness (QED) is 0.737. The molecule has 96 valence electrons. The lowest BCUT2D eigenvalue weighted by Crippen LogP contribution is -2.58. The summed E-state index contributed by atoms with van der Waals surface area (Å²) in [6.45, 7) is 4.94. The number of nitrogens with two attached hydrogens (primary N) is 1. The van der Waals surface area contributed by atoms with Crippen LogP contribution in [-0.4, -0.2) is 12.5 Å². The van der Waals surface area contributed by atoms with Crippen LogP contribution in [-0.2, 0) is 0 Å². The first-order valence-electron chi connectivity index (χ1n) is 6.59. The Balaban J connectivity index is 1.88. The van der Waals surface area contributed by atoms with Crippen molar-refractivity contribution in [3.05, 3.63) is 11.6 Å². The van der Waals surface area contributed by atoms with Crippen LogP contribution in [0.15, 0.2) is 11.6 Å². The van der Waals surface area contributed by atoms with Crippen LogP contribution in [0.4, 0.5) is 8.78 Å². The van der Waals surface area contributed by atoms with Crippen molar-refractivity contribution in [2.45, 2.75) is 45.5 Å².